The quantitative estimate of drug-likeness (QED) is 0.797. The number of fused-ring (bicyclic) bond motifs is 1. The van der Waals surface area contributed by atoms with Gasteiger partial charge in [-0.25, -0.2) is 9.78 Å². The maximum absolute atomic E-state index is 10.9. The van der Waals surface area contributed by atoms with Gasteiger partial charge in [0.15, 0.2) is 9.50 Å². The van der Waals surface area contributed by atoms with Gasteiger partial charge in [-0.05, 0) is 30.0 Å². The van der Waals surface area contributed by atoms with E-state index < -0.39 is 5.97 Å². The van der Waals surface area contributed by atoms with Gasteiger partial charge in [0.25, 0.3) is 0 Å². The van der Waals surface area contributed by atoms with Gasteiger partial charge in [0.2, 0.25) is 0 Å². The maximum Gasteiger partial charge on any atom is 0.335 e. The molecule has 1 aromatic carbocycles. The van der Waals surface area contributed by atoms with E-state index in [-0.39, 0.29) is 5.56 Å². The fourth-order valence-electron chi connectivity index (χ4n) is 1.52. The lowest BCUT2D eigenvalue weighted by molar-refractivity contribution is 0.0697. The SMILES string of the molecule is Cn1cnnc1Sc1nc2ccc(C(=O)O)cc2s1. The van der Waals surface area contributed by atoms with Gasteiger partial charge in [0, 0.05) is 7.05 Å². The first-order chi connectivity index (χ1) is 9.13. The fraction of sp³-hybridized carbons (Fsp3) is 0.0909. The number of thiazole rings is 1. The number of aromatic carboxylic acids is 1. The number of nitrogens with zero attached hydrogens (tertiary/aromatic N) is 4. The molecule has 3 rings (SSSR count). The van der Waals surface area contributed by atoms with Gasteiger partial charge >= 0.3 is 5.97 Å². The molecule has 0 spiro atoms. The second-order valence-electron chi connectivity index (χ2n) is 3.79. The van der Waals surface area contributed by atoms with Crippen LogP contribution in [0.3, 0.4) is 0 Å². The minimum absolute atomic E-state index is 0.270. The third kappa shape index (κ3) is 2.32. The van der Waals surface area contributed by atoms with E-state index in [0.29, 0.717) is 0 Å². The number of hydrogen-bond donors (Lipinski definition) is 1. The third-order valence-corrected chi connectivity index (χ3v) is 4.60. The molecular formula is C11H8N4O2S2. The Morgan fingerprint density at radius 2 is 2.32 bits per heavy atom. The molecule has 0 aliphatic heterocycles. The lowest BCUT2D eigenvalue weighted by atomic mass is 10.2. The zero-order chi connectivity index (χ0) is 13.4. The normalized spacial score (nSPS) is 11.0. The van der Waals surface area contributed by atoms with Crippen LogP contribution in [0.4, 0.5) is 0 Å². The molecule has 2 aromatic heterocycles. The molecule has 0 bridgehead atoms. The number of hydrogen-bond acceptors (Lipinski definition) is 6. The number of benzene rings is 1. The molecule has 19 heavy (non-hydrogen) atoms. The minimum atomic E-state index is -0.933. The summed E-state index contributed by atoms with van der Waals surface area (Å²) in [6, 6.07) is 4.91. The number of carboxylic acid groups (broad SMARTS) is 1. The number of aryl methyl sites for hydroxylation is 1. The van der Waals surface area contributed by atoms with Crippen molar-refractivity contribution in [2.45, 2.75) is 9.50 Å². The predicted molar refractivity (Wildman–Crippen MR) is 71.7 cm³/mol. The van der Waals surface area contributed by atoms with Gasteiger partial charge in [-0.15, -0.1) is 21.5 Å². The summed E-state index contributed by atoms with van der Waals surface area (Å²) in [6.07, 6.45) is 1.62. The summed E-state index contributed by atoms with van der Waals surface area (Å²) in [5.41, 5.74) is 1.06. The van der Waals surface area contributed by atoms with Crippen molar-refractivity contribution in [3.05, 3.63) is 30.1 Å². The zero-order valence-electron chi connectivity index (χ0n) is 9.77. The number of aromatic nitrogens is 4. The largest absolute Gasteiger partial charge is 0.478 e. The van der Waals surface area contributed by atoms with Crippen molar-refractivity contribution in [3.63, 3.8) is 0 Å². The highest BCUT2D eigenvalue weighted by Gasteiger charge is 2.11. The third-order valence-electron chi connectivity index (χ3n) is 2.46. The fourth-order valence-corrected chi connectivity index (χ4v) is 3.50. The Hall–Kier alpha value is -1.93. The molecule has 8 heteroatoms. The molecule has 96 valence electrons. The highest BCUT2D eigenvalue weighted by Crippen LogP contribution is 2.33. The van der Waals surface area contributed by atoms with Crippen LogP contribution in [0.15, 0.2) is 34.0 Å². The summed E-state index contributed by atoms with van der Waals surface area (Å²) in [5.74, 6) is -0.933. The van der Waals surface area contributed by atoms with E-state index in [1.807, 2.05) is 7.05 Å². The molecule has 0 fully saturated rings. The molecule has 0 saturated carbocycles. The van der Waals surface area contributed by atoms with E-state index in [0.717, 1.165) is 19.7 Å². The van der Waals surface area contributed by atoms with Gasteiger partial charge in [-0.1, -0.05) is 0 Å². The summed E-state index contributed by atoms with van der Waals surface area (Å²) >= 11 is 2.85. The van der Waals surface area contributed by atoms with Crippen LogP contribution in [-0.2, 0) is 7.05 Å². The minimum Gasteiger partial charge on any atom is -0.478 e. The molecule has 0 saturated heterocycles. The van der Waals surface area contributed by atoms with Crippen molar-refractivity contribution in [3.8, 4) is 0 Å². The van der Waals surface area contributed by atoms with Gasteiger partial charge < -0.3 is 9.67 Å². The van der Waals surface area contributed by atoms with Crippen molar-refractivity contribution in [1.29, 1.82) is 0 Å². The monoisotopic (exact) mass is 292 g/mol. The molecule has 0 aliphatic rings. The Morgan fingerprint density at radius 1 is 1.47 bits per heavy atom. The molecule has 3 aromatic rings. The molecular weight excluding hydrogens is 284 g/mol. The lowest BCUT2D eigenvalue weighted by Gasteiger charge is -1.94. The van der Waals surface area contributed by atoms with Crippen molar-refractivity contribution in [1.82, 2.24) is 19.7 Å². The summed E-state index contributed by atoms with van der Waals surface area (Å²) in [7, 11) is 1.86. The molecule has 0 unspecified atom stereocenters. The first-order valence-electron chi connectivity index (χ1n) is 5.29. The zero-order valence-corrected chi connectivity index (χ0v) is 11.4. The van der Waals surface area contributed by atoms with E-state index in [2.05, 4.69) is 15.2 Å². The molecule has 0 radical (unpaired) electrons. The van der Waals surface area contributed by atoms with Gasteiger partial charge in [0.1, 0.15) is 6.33 Å². The first kappa shape index (κ1) is 12.1. The Bertz CT molecular complexity index is 765. The first-order valence-corrected chi connectivity index (χ1v) is 6.92. The lowest BCUT2D eigenvalue weighted by Crippen LogP contribution is -1.94. The van der Waals surface area contributed by atoms with Crippen molar-refractivity contribution >= 4 is 39.3 Å². The molecule has 0 atom stereocenters. The Balaban J connectivity index is 1.97. The van der Waals surface area contributed by atoms with E-state index >= 15 is 0 Å². The summed E-state index contributed by atoms with van der Waals surface area (Å²) in [6.45, 7) is 0. The molecule has 1 N–H and O–H groups in total. The Morgan fingerprint density at radius 3 is 3.00 bits per heavy atom. The van der Waals surface area contributed by atoms with E-state index in [1.165, 1.54) is 23.1 Å². The van der Waals surface area contributed by atoms with Crippen LogP contribution in [0.2, 0.25) is 0 Å². The van der Waals surface area contributed by atoms with Crippen molar-refractivity contribution < 1.29 is 9.90 Å². The number of carboxylic acids is 1. The van der Waals surface area contributed by atoms with Gasteiger partial charge in [-0.2, -0.15) is 0 Å². The van der Waals surface area contributed by atoms with E-state index in [9.17, 15) is 4.79 Å². The standard InChI is InChI=1S/C11H8N4O2S2/c1-15-5-12-14-10(15)19-11-13-7-3-2-6(9(16)17)4-8(7)18-11/h2-5H,1H3,(H,16,17). The van der Waals surface area contributed by atoms with Crippen LogP contribution in [0.5, 0.6) is 0 Å². The number of carbonyl (C=O) groups is 1. The Labute approximate surface area is 116 Å². The molecule has 2 heterocycles. The highest BCUT2D eigenvalue weighted by atomic mass is 32.2. The van der Waals surface area contributed by atoms with Gasteiger partial charge in [-0.3, -0.25) is 0 Å². The summed E-state index contributed by atoms with van der Waals surface area (Å²) in [4.78, 5) is 15.3. The van der Waals surface area contributed by atoms with Crippen molar-refractivity contribution in [2.24, 2.45) is 7.05 Å². The highest BCUT2D eigenvalue weighted by molar-refractivity contribution is 8.01. The van der Waals surface area contributed by atoms with Gasteiger partial charge in [0.05, 0.1) is 15.8 Å². The van der Waals surface area contributed by atoms with Crippen LogP contribution in [0, 0.1) is 0 Å². The predicted octanol–water partition coefficient (Wildman–Crippen LogP) is 2.27. The van der Waals surface area contributed by atoms with Crippen molar-refractivity contribution in [2.75, 3.05) is 0 Å². The second-order valence-corrected chi connectivity index (χ2v) is 6.04. The number of rotatable bonds is 3. The van der Waals surface area contributed by atoms with Crippen LogP contribution < -0.4 is 0 Å². The summed E-state index contributed by atoms with van der Waals surface area (Å²) < 4.78 is 3.47. The Kier molecular flexibility index (Phi) is 2.96. The van der Waals surface area contributed by atoms with Crippen LogP contribution >= 0.6 is 23.1 Å². The van der Waals surface area contributed by atoms with Crippen LogP contribution in [0.25, 0.3) is 10.2 Å². The summed E-state index contributed by atoms with van der Waals surface area (Å²) in [5, 5.41) is 17.5. The topological polar surface area (TPSA) is 80.9 Å². The average molecular weight is 292 g/mol. The average Bonchev–Trinajstić information content (AvgIpc) is 2.95. The molecule has 6 nitrogen and oxygen atoms in total. The maximum atomic E-state index is 10.9. The van der Waals surface area contributed by atoms with Crippen LogP contribution in [0.1, 0.15) is 10.4 Å². The van der Waals surface area contributed by atoms with E-state index in [4.69, 9.17) is 5.11 Å². The molecule has 0 amide bonds. The molecule has 0 aliphatic carbocycles. The second kappa shape index (κ2) is 4.63. The van der Waals surface area contributed by atoms with Crippen LogP contribution in [-0.4, -0.2) is 30.8 Å². The smallest absolute Gasteiger partial charge is 0.335 e. The van der Waals surface area contributed by atoms with E-state index in [1.54, 1.807) is 29.1 Å².